The molecule has 1 aromatic heterocycles. The van der Waals surface area contributed by atoms with Crippen LogP contribution in [-0.4, -0.2) is 47.0 Å². The van der Waals surface area contributed by atoms with Crippen LogP contribution in [0.15, 0.2) is 11.6 Å². The van der Waals surface area contributed by atoms with Gasteiger partial charge in [0.1, 0.15) is 0 Å². The minimum absolute atomic E-state index is 0.00996. The highest BCUT2D eigenvalue weighted by atomic mass is 32.1. The molecule has 2 heterocycles. The first-order valence-electron chi connectivity index (χ1n) is 12.2. The number of thiazole rings is 1. The third-order valence-corrected chi connectivity index (χ3v) is 8.07. The van der Waals surface area contributed by atoms with Crippen LogP contribution in [0.4, 0.5) is 5.13 Å². The molecular weight excluding hydrogens is 410 g/mol. The number of nitrogens with zero attached hydrogens (tertiary/aromatic N) is 2. The molecule has 6 nitrogen and oxygen atoms in total. The van der Waals surface area contributed by atoms with Gasteiger partial charge in [-0.1, -0.05) is 38.5 Å². The summed E-state index contributed by atoms with van der Waals surface area (Å²) in [6, 6.07) is 0. The van der Waals surface area contributed by atoms with Gasteiger partial charge in [0, 0.05) is 37.5 Å². The maximum atomic E-state index is 13.2. The van der Waals surface area contributed by atoms with Crippen molar-refractivity contribution in [2.24, 2.45) is 5.41 Å². The largest absolute Gasteiger partial charge is 0.375 e. The predicted molar refractivity (Wildman–Crippen MR) is 123 cm³/mol. The lowest BCUT2D eigenvalue weighted by Gasteiger charge is -2.40. The van der Waals surface area contributed by atoms with Crippen molar-refractivity contribution in [3.8, 4) is 0 Å². The molecule has 0 spiro atoms. The Morgan fingerprint density at radius 3 is 2.35 bits per heavy atom. The molecule has 1 saturated heterocycles. The number of aromatic nitrogens is 1. The van der Waals surface area contributed by atoms with Gasteiger partial charge in [0.2, 0.25) is 11.8 Å². The first-order chi connectivity index (χ1) is 15.1. The number of ether oxygens (including phenoxy) is 1. The van der Waals surface area contributed by atoms with E-state index >= 15 is 0 Å². The number of likely N-dealkylation sites (tertiary alicyclic amines) is 1. The van der Waals surface area contributed by atoms with Gasteiger partial charge in [0.15, 0.2) is 5.13 Å². The van der Waals surface area contributed by atoms with Gasteiger partial charge in [-0.25, -0.2) is 4.98 Å². The molecule has 3 fully saturated rings. The molecule has 31 heavy (non-hydrogen) atoms. The van der Waals surface area contributed by atoms with Crippen LogP contribution in [0.2, 0.25) is 0 Å². The summed E-state index contributed by atoms with van der Waals surface area (Å²) in [5, 5.41) is 5.42. The average Bonchev–Trinajstić information content (AvgIpc) is 3.28. The van der Waals surface area contributed by atoms with Crippen molar-refractivity contribution in [3.05, 3.63) is 11.6 Å². The molecule has 1 aliphatic heterocycles. The number of amides is 2. The van der Waals surface area contributed by atoms with E-state index in [0.717, 1.165) is 51.6 Å². The average molecular weight is 448 g/mol. The van der Waals surface area contributed by atoms with E-state index in [9.17, 15) is 9.59 Å². The SMILES string of the molecule is O=C(CC1(CC(=O)N2CCC(OC3CCCCC3)CC2)CCCCC1)Nc1nccs1. The normalized spacial score (nSPS) is 22.9. The topological polar surface area (TPSA) is 71.5 Å². The molecule has 1 N–H and O–H groups in total. The number of hydrogen-bond donors (Lipinski definition) is 1. The monoisotopic (exact) mass is 447 g/mol. The third-order valence-electron chi connectivity index (χ3n) is 7.39. The summed E-state index contributed by atoms with van der Waals surface area (Å²) < 4.78 is 6.34. The van der Waals surface area contributed by atoms with Crippen LogP contribution in [0.1, 0.15) is 89.9 Å². The Morgan fingerprint density at radius 1 is 1.00 bits per heavy atom. The Morgan fingerprint density at radius 2 is 1.68 bits per heavy atom. The number of anilines is 1. The van der Waals surface area contributed by atoms with E-state index in [1.807, 2.05) is 10.3 Å². The van der Waals surface area contributed by atoms with E-state index in [4.69, 9.17) is 4.74 Å². The standard InChI is InChI=1S/C24H37N3O3S/c28-21(26-23-25-13-16-31-23)17-24(11-5-2-6-12-24)18-22(29)27-14-9-20(10-15-27)30-19-7-3-1-4-8-19/h13,16,19-20H,1-12,14-15,17-18H2,(H,25,26,28). The molecule has 7 heteroatoms. The van der Waals surface area contributed by atoms with Gasteiger partial charge in [0.05, 0.1) is 12.2 Å². The number of carbonyl (C=O) groups is 2. The van der Waals surface area contributed by atoms with Crippen LogP contribution < -0.4 is 5.32 Å². The minimum Gasteiger partial charge on any atom is -0.375 e. The Balaban J connectivity index is 1.28. The third kappa shape index (κ3) is 6.51. The summed E-state index contributed by atoms with van der Waals surface area (Å²) in [7, 11) is 0. The van der Waals surface area contributed by atoms with E-state index in [2.05, 4.69) is 10.3 Å². The molecule has 4 rings (SSSR count). The molecular formula is C24H37N3O3S. The lowest BCUT2D eigenvalue weighted by molar-refractivity contribution is -0.138. The predicted octanol–water partition coefficient (Wildman–Crippen LogP) is 5.15. The molecule has 0 bridgehead atoms. The summed E-state index contributed by atoms with van der Waals surface area (Å²) in [5.41, 5.74) is -0.202. The fourth-order valence-electron chi connectivity index (χ4n) is 5.65. The summed E-state index contributed by atoms with van der Waals surface area (Å²) >= 11 is 1.43. The fourth-order valence-corrected chi connectivity index (χ4v) is 6.20. The molecule has 3 aliphatic rings. The zero-order valence-corrected chi connectivity index (χ0v) is 19.5. The Hall–Kier alpha value is -1.47. The summed E-state index contributed by atoms with van der Waals surface area (Å²) in [6.07, 6.45) is 16.9. The van der Waals surface area contributed by atoms with Crippen molar-refractivity contribution < 1.29 is 14.3 Å². The van der Waals surface area contributed by atoms with Crippen LogP contribution in [0.5, 0.6) is 0 Å². The van der Waals surface area contributed by atoms with Gasteiger partial charge in [-0.3, -0.25) is 9.59 Å². The molecule has 0 aromatic carbocycles. The number of piperidine rings is 1. The highest BCUT2D eigenvalue weighted by molar-refractivity contribution is 7.13. The molecule has 0 atom stereocenters. The van der Waals surface area contributed by atoms with Gasteiger partial charge in [-0.2, -0.15) is 0 Å². The first kappa shape index (κ1) is 22.7. The number of nitrogens with one attached hydrogen (secondary N) is 1. The Labute approximate surface area is 190 Å². The minimum atomic E-state index is -0.202. The molecule has 2 aliphatic carbocycles. The van der Waals surface area contributed by atoms with Crippen LogP contribution in [-0.2, 0) is 14.3 Å². The lowest BCUT2D eigenvalue weighted by Crippen LogP contribution is -2.44. The smallest absolute Gasteiger partial charge is 0.226 e. The zero-order chi connectivity index (χ0) is 21.5. The van der Waals surface area contributed by atoms with E-state index in [-0.39, 0.29) is 17.2 Å². The van der Waals surface area contributed by atoms with E-state index < -0.39 is 0 Å². The molecule has 172 valence electrons. The maximum absolute atomic E-state index is 13.2. The summed E-state index contributed by atoms with van der Waals surface area (Å²) in [4.78, 5) is 32.1. The Bertz CT molecular complexity index is 704. The van der Waals surface area contributed by atoms with Crippen molar-refractivity contribution in [3.63, 3.8) is 0 Å². The maximum Gasteiger partial charge on any atom is 0.226 e. The summed E-state index contributed by atoms with van der Waals surface area (Å²) in [6.45, 7) is 1.58. The quantitative estimate of drug-likeness (QED) is 0.627. The number of carbonyl (C=O) groups excluding carboxylic acids is 2. The van der Waals surface area contributed by atoms with Gasteiger partial charge >= 0.3 is 0 Å². The second-order valence-corrected chi connectivity index (χ2v) is 10.7. The highest BCUT2D eigenvalue weighted by Crippen LogP contribution is 2.43. The van der Waals surface area contributed by atoms with Crippen LogP contribution >= 0.6 is 11.3 Å². The van der Waals surface area contributed by atoms with Crippen LogP contribution in [0.25, 0.3) is 0 Å². The molecule has 0 radical (unpaired) electrons. The lowest BCUT2D eigenvalue weighted by atomic mass is 9.69. The van der Waals surface area contributed by atoms with Crippen LogP contribution in [0, 0.1) is 5.41 Å². The van der Waals surface area contributed by atoms with Crippen molar-refractivity contribution >= 4 is 28.3 Å². The number of hydrogen-bond acceptors (Lipinski definition) is 5. The fraction of sp³-hybridized carbons (Fsp3) is 0.792. The first-order valence-corrected chi connectivity index (χ1v) is 13.1. The Kier molecular flexibility index (Phi) is 7.99. The van der Waals surface area contributed by atoms with Crippen LogP contribution in [0.3, 0.4) is 0 Å². The molecule has 0 unspecified atom stereocenters. The highest BCUT2D eigenvalue weighted by Gasteiger charge is 2.38. The van der Waals surface area contributed by atoms with E-state index in [1.54, 1.807) is 6.20 Å². The van der Waals surface area contributed by atoms with Crippen molar-refractivity contribution in [2.75, 3.05) is 18.4 Å². The molecule has 2 saturated carbocycles. The second-order valence-electron chi connectivity index (χ2n) is 9.78. The second kappa shape index (κ2) is 10.9. The van der Waals surface area contributed by atoms with E-state index in [1.165, 1.54) is 49.9 Å². The van der Waals surface area contributed by atoms with Gasteiger partial charge < -0.3 is 15.0 Å². The molecule has 2 amide bonds. The van der Waals surface area contributed by atoms with Gasteiger partial charge in [-0.05, 0) is 43.9 Å². The van der Waals surface area contributed by atoms with E-state index in [0.29, 0.717) is 30.2 Å². The van der Waals surface area contributed by atoms with Crippen molar-refractivity contribution in [1.29, 1.82) is 0 Å². The van der Waals surface area contributed by atoms with Crippen molar-refractivity contribution in [2.45, 2.75) is 102 Å². The number of rotatable bonds is 7. The van der Waals surface area contributed by atoms with Gasteiger partial charge in [-0.15, -0.1) is 11.3 Å². The summed E-state index contributed by atoms with van der Waals surface area (Å²) in [5.74, 6) is 0.212. The van der Waals surface area contributed by atoms with Gasteiger partial charge in [0.25, 0.3) is 0 Å². The van der Waals surface area contributed by atoms with Crippen molar-refractivity contribution in [1.82, 2.24) is 9.88 Å². The zero-order valence-electron chi connectivity index (χ0n) is 18.7. The molecule has 1 aromatic rings.